The summed E-state index contributed by atoms with van der Waals surface area (Å²) in [5.74, 6) is -0.441. The molecule has 3 N–H and O–H groups in total. The fourth-order valence-electron chi connectivity index (χ4n) is 2.78. The SMILES string of the molecule is NC(=O)C(NC1CCCCCC1)c1c(Cl)cccc1Cl. The van der Waals surface area contributed by atoms with Gasteiger partial charge in [0.25, 0.3) is 0 Å². The third-order valence-electron chi connectivity index (χ3n) is 3.83. The van der Waals surface area contributed by atoms with Crippen LogP contribution in [0.3, 0.4) is 0 Å². The average Bonchev–Trinajstić information content (AvgIpc) is 2.65. The highest BCUT2D eigenvalue weighted by atomic mass is 35.5. The van der Waals surface area contributed by atoms with Crippen LogP contribution in [0.4, 0.5) is 0 Å². The average molecular weight is 315 g/mol. The number of rotatable bonds is 4. The Balaban J connectivity index is 2.20. The number of nitrogens with one attached hydrogen (secondary N) is 1. The predicted molar refractivity (Wildman–Crippen MR) is 83.0 cm³/mol. The van der Waals surface area contributed by atoms with Crippen LogP contribution in [0.1, 0.15) is 50.1 Å². The van der Waals surface area contributed by atoms with Crippen molar-refractivity contribution in [2.24, 2.45) is 5.73 Å². The lowest BCUT2D eigenvalue weighted by Gasteiger charge is -2.24. The largest absolute Gasteiger partial charge is 0.368 e. The molecular formula is C15H20Cl2N2O. The second-order valence-electron chi connectivity index (χ2n) is 5.33. The minimum Gasteiger partial charge on any atom is -0.368 e. The van der Waals surface area contributed by atoms with Gasteiger partial charge in [0, 0.05) is 21.7 Å². The first-order valence-corrected chi connectivity index (χ1v) is 7.84. The quantitative estimate of drug-likeness (QED) is 0.830. The standard InChI is InChI=1S/C15H20Cl2N2O/c16-11-8-5-9-12(17)13(11)14(15(18)20)19-10-6-3-1-2-4-7-10/h5,8-10,14,19H,1-4,6-7H2,(H2,18,20). The van der Waals surface area contributed by atoms with Gasteiger partial charge in [-0.2, -0.15) is 0 Å². The van der Waals surface area contributed by atoms with Gasteiger partial charge in [-0.25, -0.2) is 0 Å². The summed E-state index contributed by atoms with van der Waals surface area (Å²) in [6.07, 6.45) is 7.00. The van der Waals surface area contributed by atoms with Gasteiger partial charge in [0.05, 0.1) is 0 Å². The number of primary amides is 1. The van der Waals surface area contributed by atoms with E-state index in [9.17, 15) is 4.79 Å². The van der Waals surface area contributed by atoms with Gasteiger partial charge >= 0.3 is 0 Å². The minimum absolute atomic E-state index is 0.294. The van der Waals surface area contributed by atoms with E-state index in [2.05, 4.69) is 5.32 Å². The zero-order valence-electron chi connectivity index (χ0n) is 11.4. The molecule has 0 saturated heterocycles. The fraction of sp³-hybridized carbons (Fsp3) is 0.533. The van der Waals surface area contributed by atoms with Crippen LogP contribution in [-0.4, -0.2) is 11.9 Å². The highest BCUT2D eigenvalue weighted by molar-refractivity contribution is 6.36. The smallest absolute Gasteiger partial charge is 0.239 e. The molecule has 0 spiro atoms. The molecule has 1 fully saturated rings. The summed E-state index contributed by atoms with van der Waals surface area (Å²) in [7, 11) is 0. The number of hydrogen-bond acceptors (Lipinski definition) is 2. The number of carbonyl (C=O) groups excluding carboxylic acids is 1. The lowest BCUT2D eigenvalue weighted by atomic mass is 10.0. The Morgan fingerprint density at radius 2 is 1.70 bits per heavy atom. The van der Waals surface area contributed by atoms with Gasteiger partial charge in [-0.15, -0.1) is 0 Å². The number of carbonyl (C=O) groups is 1. The highest BCUT2D eigenvalue weighted by Crippen LogP contribution is 2.31. The topological polar surface area (TPSA) is 55.1 Å². The maximum absolute atomic E-state index is 11.8. The highest BCUT2D eigenvalue weighted by Gasteiger charge is 2.26. The van der Waals surface area contributed by atoms with Crippen molar-refractivity contribution in [3.05, 3.63) is 33.8 Å². The van der Waals surface area contributed by atoms with Crippen molar-refractivity contribution in [1.82, 2.24) is 5.32 Å². The molecule has 1 unspecified atom stereocenters. The summed E-state index contributed by atoms with van der Waals surface area (Å²) in [6, 6.07) is 4.89. The molecule has 0 aromatic heterocycles. The molecule has 20 heavy (non-hydrogen) atoms. The summed E-state index contributed by atoms with van der Waals surface area (Å²) in [5.41, 5.74) is 6.13. The number of benzene rings is 1. The summed E-state index contributed by atoms with van der Waals surface area (Å²) in [5, 5.41) is 4.30. The van der Waals surface area contributed by atoms with Gasteiger partial charge in [-0.1, -0.05) is 55.0 Å². The van der Waals surface area contributed by atoms with E-state index >= 15 is 0 Å². The van der Waals surface area contributed by atoms with E-state index in [1.54, 1.807) is 18.2 Å². The van der Waals surface area contributed by atoms with Gasteiger partial charge in [0.15, 0.2) is 0 Å². The van der Waals surface area contributed by atoms with E-state index in [0.29, 0.717) is 21.7 Å². The Bertz CT molecular complexity index is 451. The van der Waals surface area contributed by atoms with Crippen LogP contribution in [-0.2, 0) is 4.79 Å². The predicted octanol–water partition coefficient (Wildman–Crippen LogP) is 3.83. The van der Waals surface area contributed by atoms with Crippen molar-refractivity contribution in [1.29, 1.82) is 0 Å². The second-order valence-corrected chi connectivity index (χ2v) is 6.14. The summed E-state index contributed by atoms with van der Waals surface area (Å²) < 4.78 is 0. The second kappa shape index (κ2) is 7.30. The van der Waals surface area contributed by atoms with E-state index in [1.165, 1.54) is 25.7 Å². The molecule has 1 amide bonds. The summed E-state index contributed by atoms with van der Waals surface area (Å²) in [4.78, 5) is 11.8. The lowest BCUT2D eigenvalue weighted by molar-refractivity contribution is -0.120. The van der Waals surface area contributed by atoms with Crippen molar-refractivity contribution in [2.45, 2.75) is 50.6 Å². The van der Waals surface area contributed by atoms with Gasteiger partial charge in [-0.05, 0) is 25.0 Å². The molecule has 1 aliphatic carbocycles. The van der Waals surface area contributed by atoms with Gasteiger partial charge in [0.1, 0.15) is 6.04 Å². The zero-order chi connectivity index (χ0) is 14.5. The van der Waals surface area contributed by atoms with Crippen molar-refractivity contribution in [3.8, 4) is 0 Å². The first-order valence-electron chi connectivity index (χ1n) is 7.09. The molecule has 0 bridgehead atoms. The zero-order valence-corrected chi connectivity index (χ0v) is 12.9. The number of nitrogens with two attached hydrogens (primary N) is 1. The maximum Gasteiger partial charge on any atom is 0.239 e. The van der Waals surface area contributed by atoms with E-state index in [4.69, 9.17) is 28.9 Å². The van der Waals surface area contributed by atoms with Crippen LogP contribution in [0, 0.1) is 0 Å². The number of hydrogen-bond donors (Lipinski definition) is 2. The Morgan fingerprint density at radius 3 is 2.20 bits per heavy atom. The Kier molecular flexibility index (Phi) is 5.70. The summed E-state index contributed by atoms with van der Waals surface area (Å²) >= 11 is 12.4. The van der Waals surface area contributed by atoms with Crippen LogP contribution < -0.4 is 11.1 Å². The van der Waals surface area contributed by atoms with Crippen molar-refractivity contribution in [3.63, 3.8) is 0 Å². The van der Waals surface area contributed by atoms with E-state index in [-0.39, 0.29) is 0 Å². The van der Waals surface area contributed by atoms with Crippen molar-refractivity contribution >= 4 is 29.1 Å². The molecular weight excluding hydrogens is 295 g/mol. The minimum atomic E-state index is -0.626. The van der Waals surface area contributed by atoms with Crippen LogP contribution in [0.5, 0.6) is 0 Å². The molecule has 110 valence electrons. The van der Waals surface area contributed by atoms with Crippen LogP contribution >= 0.6 is 23.2 Å². The van der Waals surface area contributed by atoms with E-state index < -0.39 is 11.9 Å². The van der Waals surface area contributed by atoms with Gasteiger partial charge in [-0.3, -0.25) is 10.1 Å². The Labute approximate surface area is 129 Å². The van der Waals surface area contributed by atoms with Gasteiger partial charge < -0.3 is 5.73 Å². The Hall–Kier alpha value is -0.770. The molecule has 2 rings (SSSR count). The molecule has 3 nitrogen and oxygen atoms in total. The first kappa shape index (κ1) is 15.6. The molecule has 1 aromatic rings. The Morgan fingerprint density at radius 1 is 1.15 bits per heavy atom. The van der Waals surface area contributed by atoms with Gasteiger partial charge in [0.2, 0.25) is 5.91 Å². The molecule has 1 aromatic carbocycles. The molecule has 1 saturated carbocycles. The molecule has 1 aliphatic rings. The third-order valence-corrected chi connectivity index (χ3v) is 4.49. The fourth-order valence-corrected chi connectivity index (χ4v) is 3.39. The number of halogens is 2. The normalized spacial score (nSPS) is 18.5. The van der Waals surface area contributed by atoms with Crippen LogP contribution in [0.25, 0.3) is 0 Å². The molecule has 0 heterocycles. The maximum atomic E-state index is 11.8. The van der Waals surface area contributed by atoms with E-state index in [1.807, 2.05) is 0 Å². The third kappa shape index (κ3) is 3.87. The molecule has 5 heteroatoms. The lowest BCUT2D eigenvalue weighted by Crippen LogP contribution is -2.40. The number of amides is 1. The monoisotopic (exact) mass is 314 g/mol. The molecule has 0 radical (unpaired) electrons. The molecule has 0 aliphatic heterocycles. The molecule has 1 atom stereocenters. The van der Waals surface area contributed by atoms with Crippen LogP contribution in [0.2, 0.25) is 10.0 Å². The van der Waals surface area contributed by atoms with Crippen LogP contribution in [0.15, 0.2) is 18.2 Å². The van der Waals surface area contributed by atoms with E-state index in [0.717, 1.165) is 12.8 Å². The summed E-state index contributed by atoms with van der Waals surface area (Å²) in [6.45, 7) is 0. The van der Waals surface area contributed by atoms with Crippen molar-refractivity contribution < 1.29 is 4.79 Å². The van der Waals surface area contributed by atoms with Crippen molar-refractivity contribution in [2.75, 3.05) is 0 Å². The first-order chi connectivity index (χ1) is 9.59.